The molecule has 0 saturated heterocycles. The second kappa shape index (κ2) is 46.4. The van der Waals surface area contributed by atoms with Crippen LogP contribution in [-0.4, -0.2) is 46.9 Å². The van der Waals surface area contributed by atoms with Gasteiger partial charge in [-0.3, -0.25) is 9.59 Å². The lowest BCUT2D eigenvalue weighted by atomic mass is 10.0. The molecule has 0 spiro atoms. The number of aliphatic hydroxyl groups is 2. The fourth-order valence-corrected chi connectivity index (χ4v) is 7.89. The maximum Gasteiger partial charge on any atom is 0.306 e. The van der Waals surface area contributed by atoms with Crippen LogP contribution in [0, 0.1) is 0 Å². The molecular weight excluding hydrogens is 719 g/mol. The lowest BCUT2D eigenvalue weighted by molar-refractivity contribution is -0.151. The van der Waals surface area contributed by atoms with Gasteiger partial charge in [-0.1, -0.05) is 231 Å². The number of hydrogen-bond acceptors (Lipinski definition) is 5. The molecule has 0 bridgehead atoms. The molecule has 0 aromatic rings. The number of amides is 1. The Labute approximate surface area is 361 Å². The fraction of sp³-hybridized carbons (Fsp3) is 0.885. The SMILES string of the molecule is CCCCCCCCC/C=C/C=C/CCCCCC(CC(=O)NC(CO)C(O)CCCCCCCCCCCCCCC)OC(=O)CCCCCCCCCCCC. The predicted molar refractivity (Wildman–Crippen MR) is 250 cm³/mol. The first-order valence-corrected chi connectivity index (χ1v) is 25.6. The molecule has 0 radical (unpaired) electrons. The van der Waals surface area contributed by atoms with E-state index in [0.29, 0.717) is 19.3 Å². The van der Waals surface area contributed by atoms with Gasteiger partial charge in [0.1, 0.15) is 6.10 Å². The number of nitrogens with one attached hydrogen (secondary N) is 1. The number of carbonyl (C=O) groups is 2. The molecular formula is C52H99NO5. The molecule has 6 heteroatoms. The molecule has 0 aromatic heterocycles. The van der Waals surface area contributed by atoms with Crippen LogP contribution in [0.3, 0.4) is 0 Å². The molecule has 1 amide bonds. The van der Waals surface area contributed by atoms with Crippen LogP contribution in [0.25, 0.3) is 0 Å². The van der Waals surface area contributed by atoms with Gasteiger partial charge >= 0.3 is 5.97 Å². The van der Waals surface area contributed by atoms with E-state index in [9.17, 15) is 19.8 Å². The zero-order chi connectivity index (χ0) is 42.4. The van der Waals surface area contributed by atoms with Gasteiger partial charge in [0.05, 0.1) is 25.2 Å². The molecule has 342 valence electrons. The molecule has 0 rings (SSSR count). The van der Waals surface area contributed by atoms with Crippen molar-refractivity contribution in [3.05, 3.63) is 24.3 Å². The monoisotopic (exact) mass is 818 g/mol. The summed E-state index contributed by atoms with van der Waals surface area (Å²) in [6.07, 6.45) is 52.4. The summed E-state index contributed by atoms with van der Waals surface area (Å²) in [7, 11) is 0. The van der Waals surface area contributed by atoms with Gasteiger partial charge in [0.15, 0.2) is 0 Å². The maximum absolute atomic E-state index is 13.2. The molecule has 0 aliphatic rings. The summed E-state index contributed by atoms with van der Waals surface area (Å²) in [6, 6.07) is -0.704. The number of allylic oxidation sites excluding steroid dienone is 4. The number of carbonyl (C=O) groups excluding carboxylic acids is 2. The van der Waals surface area contributed by atoms with Crippen molar-refractivity contribution >= 4 is 11.9 Å². The van der Waals surface area contributed by atoms with Crippen molar-refractivity contribution in [2.24, 2.45) is 0 Å². The maximum atomic E-state index is 13.2. The number of esters is 1. The second-order valence-corrected chi connectivity index (χ2v) is 17.6. The van der Waals surface area contributed by atoms with Crippen molar-refractivity contribution < 1.29 is 24.5 Å². The van der Waals surface area contributed by atoms with E-state index in [0.717, 1.165) is 70.6 Å². The van der Waals surface area contributed by atoms with Crippen molar-refractivity contribution in [3.8, 4) is 0 Å². The van der Waals surface area contributed by atoms with E-state index in [1.165, 1.54) is 154 Å². The molecule has 0 aliphatic heterocycles. The Bertz CT molecular complexity index is 919. The summed E-state index contributed by atoms with van der Waals surface area (Å²) in [5.74, 6) is -0.490. The van der Waals surface area contributed by atoms with Crippen LogP contribution in [0.15, 0.2) is 24.3 Å². The van der Waals surface area contributed by atoms with Crippen LogP contribution in [0.2, 0.25) is 0 Å². The number of aliphatic hydroxyl groups excluding tert-OH is 2. The largest absolute Gasteiger partial charge is 0.462 e. The van der Waals surface area contributed by atoms with Gasteiger partial charge in [0.2, 0.25) is 5.91 Å². The van der Waals surface area contributed by atoms with E-state index in [1.807, 2.05) is 0 Å². The predicted octanol–water partition coefficient (Wildman–Crippen LogP) is 15.1. The molecule has 6 nitrogen and oxygen atoms in total. The number of unbranched alkanes of at least 4 members (excludes halogenated alkanes) is 31. The summed E-state index contributed by atoms with van der Waals surface area (Å²) < 4.78 is 5.91. The number of ether oxygens (including phenoxy) is 1. The summed E-state index contributed by atoms with van der Waals surface area (Å²) in [4.78, 5) is 26.1. The van der Waals surface area contributed by atoms with Crippen molar-refractivity contribution in [1.82, 2.24) is 5.32 Å². The molecule has 58 heavy (non-hydrogen) atoms. The van der Waals surface area contributed by atoms with Crippen LogP contribution in [0.5, 0.6) is 0 Å². The third-order valence-corrected chi connectivity index (χ3v) is 11.8. The number of hydrogen-bond donors (Lipinski definition) is 3. The molecule has 0 fully saturated rings. The van der Waals surface area contributed by atoms with Gasteiger partial charge in [-0.25, -0.2) is 0 Å². The lowest BCUT2D eigenvalue weighted by Gasteiger charge is -2.24. The normalized spacial score (nSPS) is 13.4. The Morgan fingerprint density at radius 1 is 0.500 bits per heavy atom. The Morgan fingerprint density at radius 2 is 0.862 bits per heavy atom. The van der Waals surface area contributed by atoms with E-state index >= 15 is 0 Å². The average molecular weight is 818 g/mol. The van der Waals surface area contributed by atoms with Gasteiger partial charge in [-0.05, 0) is 51.4 Å². The summed E-state index contributed by atoms with van der Waals surface area (Å²) in [6.45, 7) is 6.47. The van der Waals surface area contributed by atoms with Gasteiger partial charge in [0, 0.05) is 6.42 Å². The van der Waals surface area contributed by atoms with E-state index in [2.05, 4.69) is 50.4 Å². The van der Waals surface area contributed by atoms with E-state index in [-0.39, 0.29) is 24.9 Å². The van der Waals surface area contributed by atoms with E-state index < -0.39 is 18.2 Å². The minimum Gasteiger partial charge on any atom is -0.462 e. The first kappa shape index (κ1) is 56.3. The molecule has 0 saturated carbocycles. The van der Waals surface area contributed by atoms with Crippen molar-refractivity contribution in [2.75, 3.05) is 6.61 Å². The topological polar surface area (TPSA) is 95.9 Å². The fourth-order valence-electron chi connectivity index (χ4n) is 7.89. The third-order valence-electron chi connectivity index (χ3n) is 11.8. The van der Waals surface area contributed by atoms with Crippen LogP contribution in [-0.2, 0) is 14.3 Å². The summed E-state index contributed by atoms with van der Waals surface area (Å²) >= 11 is 0. The molecule has 0 heterocycles. The molecule has 0 aromatic carbocycles. The van der Waals surface area contributed by atoms with E-state index in [1.54, 1.807) is 0 Å². The van der Waals surface area contributed by atoms with Crippen molar-refractivity contribution in [2.45, 2.75) is 289 Å². The standard InChI is InChI=1S/C52H99NO5/c1-4-7-10-13-16-19-22-24-25-26-28-29-31-34-37-40-43-48(58-52(57)45-42-39-36-33-21-18-15-12-9-6-3)46-51(56)53-49(47-54)50(55)44-41-38-35-32-30-27-23-20-17-14-11-8-5-2/h25-26,28-29,48-50,54-55H,4-24,27,30-47H2,1-3H3,(H,53,56)/b26-25+,29-28+. The van der Waals surface area contributed by atoms with Gasteiger partial charge in [0.25, 0.3) is 0 Å². The van der Waals surface area contributed by atoms with Crippen molar-refractivity contribution in [1.29, 1.82) is 0 Å². The first-order valence-electron chi connectivity index (χ1n) is 25.6. The molecule has 3 N–H and O–H groups in total. The van der Waals surface area contributed by atoms with E-state index in [4.69, 9.17) is 4.74 Å². The highest BCUT2D eigenvalue weighted by molar-refractivity contribution is 5.77. The van der Waals surface area contributed by atoms with Crippen LogP contribution < -0.4 is 5.32 Å². The Hall–Kier alpha value is -1.66. The van der Waals surface area contributed by atoms with Crippen LogP contribution in [0.4, 0.5) is 0 Å². The zero-order valence-electron chi connectivity index (χ0n) is 38.9. The zero-order valence-corrected chi connectivity index (χ0v) is 38.9. The molecule has 3 unspecified atom stereocenters. The summed E-state index contributed by atoms with van der Waals surface area (Å²) in [5.41, 5.74) is 0. The average Bonchev–Trinajstić information content (AvgIpc) is 3.22. The van der Waals surface area contributed by atoms with Gasteiger partial charge in [-0.2, -0.15) is 0 Å². The van der Waals surface area contributed by atoms with Gasteiger partial charge < -0.3 is 20.3 Å². The lowest BCUT2D eigenvalue weighted by Crippen LogP contribution is -2.46. The highest BCUT2D eigenvalue weighted by Gasteiger charge is 2.24. The quantitative estimate of drug-likeness (QED) is 0.0323. The summed E-state index contributed by atoms with van der Waals surface area (Å²) in [5, 5.41) is 23.7. The first-order chi connectivity index (χ1) is 28.5. The highest BCUT2D eigenvalue weighted by Crippen LogP contribution is 2.18. The Morgan fingerprint density at radius 3 is 1.29 bits per heavy atom. The smallest absolute Gasteiger partial charge is 0.306 e. The second-order valence-electron chi connectivity index (χ2n) is 17.6. The van der Waals surface area contributed by atoms with Crippen LogP contribution in [0.1, 0.15) is 271 Å². The Balaban J connectivity index is 4.59. The highest BCUT2D eigenvalue weighted by atomic mass is 16.5. The Kier molecular flexibility index (Phi) is 45.1. The molecule has 3 atom stereocenters. The minimum atomic E-state index is -0.790. The van der Waals surface area contributed by atoms with Crippen molar-refractivity contribution in [3.63, 3.8) is 0 Å². The van der Waals surface area contributed by atoms with Gasteiger partial charge in [-0.15, -0.1) is 0 Å². The van der Waals surface area contributed by atoms with Crippen LogP contribution >= 0.6 is 0 Å². The third kappa shape index (κ3) is 41.1. The minimum absolute atomic E-state index is 0.0647. The molecule has 0 aliphatic carbocycles. The number of rotatable bonds is 46.